The molecular weight excluding hydrogens is 316 g/mol. The van der Waals surface area contributed by atoms with Gasteiger partial charge in [0.05, 0.1) is 5.69 Å². The molecule has 3 aromatic rings. The van der Waals surface area contributed by atoms with Gasteiger partial charge in [-0.05, 0) is 36.4 Å². The molecule has 0 bridgehead atoms. The highest BCUT2D eigenvalue weighted by molar-refractivity contribution is 6.08. The van der Waals surface area contributed by atoms with E-state index in [0.29, 0.717) is 17.0 Å². The van der Waals surface area contributed by atoms with Crippen LogP contribution in [0.2, 0.25) is 0 Å². The molecule has 3 aromatic carbocycles. The van der Waals surface area contributed by atoms with E-state index in [1.807, 2.05) is 12.1 Å². The molecule has 0 aliphatic heterocycles. The molecule has 0 aliphatic carbocycles. The first-order valence-electron chi connectivity index (χ1n) is 7.72. The number of anilines is 1. The molecule has 1 N–H and O–H groups in total. The molecule has 0 aliphatic rings. The summed E-state index contributed by atoms with van der Waals surface area (Å²) in [6.45, 7) is 0. The lowest BCUT2D eigenvalue weighted by Crippen LogP contribution is -2.45. The van der Waals surface area contributed by atoms with E-state index in [2.05, 4.69) is 5.32 Å². The number of para-hydroxylation sites is 2. The minimum absolute atomic E-state index is 0.392. The fourth-order valence-electron chi connectivity index (χ4n) is 2.17. The lowest BCUT2D eigenvalue weighted by atomic mass is 10.2. The molecule has 3 amide bonds. The number of urea groups is 1. The Kier molecular flexibility index (Phi) is 5.07. The van der Waals surface area contributed by atoms with Crippen molar-refractivity contribution >= 4 is 17.6 Å². The second-order valence-corrected chi connectivity index (χ2v) is 5.16. The molecule has 0 saturated carbocycles. The maximum Gasteiger partial charge on any atom is 0.362 e. The highest BCUT2D eigenvalue weighted by Crippen LogP contribution is 2.18. The Morgan fingerprint density at radius 1 is 0.720 bits per heavy atom. The first-order valence-corrected chi connectivity index (χ1v) is 7.72. The van der Waals surface area contributed by atoms with Crippen molar-refractivity contribution in [2.45, 2.75) is 0 Å². The largest absolute Gasteiger partial charge is 0.370 e. The van der Waals surface area contributed by atoms with Gasteiger partial charge in [0.25, 0.3) is 5.91 Å². The van der Waals surface area contributed by atoms with Gasteiger partial charge in [0.15, 0.2) is 5.75 Å². The quantitative estimate of drug-likeness (QED) is 0.734. The predicted molar refractivity (Wildman–Crippen MR) is 95.3 cm³/mol. The third-order valence-electron chi connectivity index (χ3n) is 3.37. The van der Waals surface area contributed by atoms with Gasteiger partial charge < -0.3 is 4.84 Å². The Morgan fingerprint density at radius 2 is 1.24 bits per heavy atom. The fraction of sp³-hybridized carbons (Fsp3) is 0. The van der Waals surface area contributed by atoms with Crippen molar-refractivity contribution in [1.82, 2.24) is 5.32 Å². The van der Waals surface area contributed by atoms with E-state index in [4.69, 9.17) is 4.84 Å². The van der Waals surface area contributed by atoms with Crippen molar-refractivity contribution < 1.29 is 14.4 Å². The second-order valence-electron chi connectivity index (χ2n) is 5.16. The molecule has 0 radical (unpaired) electrons. The lowest BCUT2D eigenvalue weighted by Gasteiger charge is -2.22. The maximum atomic E-state index is 12.6. The number of hydrogen-bond acceptors (Lipinski definition) is 3. The third kappa shape index (κ3) is 4.23. The monoisotopic (exact) mass is 332 g/mol. The molecule has 0 unspecified atom stereocenters. The SMILES string of the molecule is O=C(NC(=O)N(Oc1ccccc1)c1ccccc1)c1ccccc1. The summed E-state index contributed by atoms with van der Waals surface area (Å²) < 4.78 is 0. The van der Waals surface area contributed by atoms with E-state index < -0.39 is 11.9 Å². The van der Waals surface area contributed by atoms with Gasteiger partial charge in [0, 0.05) is 5.56 Å². The van der Waals surface area contributed by atoms with E-state index in [-0.39, 0.29) is 0 Å². The van der Waals surface area contributed by atoms with Crippen LogP contribution in [-0.4, -0.2) is 11.9 Å². The van der Waals surface area contributed by atoms with Crippen molar-refractivity contribution in [3.05, 3.63) is 96.6 Å². The Hall–Kier alpha value is -3.60. The van der Waals surface area contributed by atoms with Crippen LogP contribution in [0.15, 0.2) is 91.0 Å². The van der Waals surface area contributed by atoms with Crippen LogP contribution in [-0.2, 0) is 0 Å². The standard InChI is InChI=1S/C20H16N2O3/c23-19(16-10-4-1-5-11-16)21-20(24)22(17-12-6-2-7-13-17)25-18-14-8-3-9-15-18/h1-15H,(H,21,23,24). The zero-order chi connectivity index (χ0) is 17.5. The topological polar surface area (TPSA) is 58.6 Å². The number of carbonyl (C=O) groups excluding carboxylic acids is 2. The third-order valence-corrected chi connectivity index (χ3v) is 3.37. The summed E-state index contributed by atoms with van der Waals surface area (Å²) in [7, 11) is 0. The Morgan fingerprint density at radius 3 is 1.84 bits per heavy atom. The van der Waals surface area contributed by atoms with Crippen LogP contribution in [0, 0.1) is 0 Å². The van der Waals surface area contributed by atoms with E-state index in [9.17, 15) is 9.59 Å². The highest BCUT2D eigenvalue weighted by Gasteiger charge is 2.21. The van der Waals surface area contributed by atoms with Crippen LogP contribution in [0.3, 0.4) is 0 Å². The van der Waals surface area contributed by atoms with Gasteiger partial charge in [0.1, 0.15) is 0 Å². The van der Waals surface area contributed by atoms with Gasteiger partial charge in [-0.15, -0.1) is 5.06 Å². The van der Waals surface area contributed by atoms with Crippen LogP contribution < -0.4 is 15.2 Å². The first-order chi connectivity index (χ1) is 12.2. The number of amides is 3. The van der Waals surface area contributed by atoms with Crippen LogP contribution >= 0.6 is 0 Å². The predicted octanol–water partition coefficient (Wildman–Crippen LogP) is 4.04. The van der Waals surface area contributed by atoms with Crippen molar-refractivity contribution in [2.24, 2.45) is 0 Å². The summed E-state index contributed by atoms with van der Waals surface area (Å²) in [6.07, 6.45) is 0. The fourth-order valence-corrected chi connectivity index (χ4v) is 2.17. The van der Waals surface area contributed by atoms with E-state index >= 15 is 0 Å². The maximum absolute atomic E-state index is 12.6. The van der Waals surface area contributed by atoms with Gasteiger partial charge >= 0.3 is 6.03 Å². The normalized spacial score (nSPS) is 9.92. The van der Waals surface area contributed by atoms with Crippen LogP contribution in [0.4, 0.5) is 10.5 Å². The van der Waals surface area contributed by atoms with Gasteiger partial charge in [-0.25, -0.2) is 4.79 Å². The Labute approximate surface area is 145 Å². The molecule has 0 aromatic heterocycles. The summed E-state index contributed by atoms with van der Waals surface area (Å²) in [6, 6.07) is 25.6. The molecule has 3 rings (SSSR count). The second kappa shape index (κ2) is 7.79. The molecule has 0 atom stereocenters. The van der Waals surface area contributed by atoms with Crippen molar-refractivity contribution in [3.8, 4) is 5.75 Å². The van der Waals surface area contributed by atoms with Crippen molar-refractivity contribution in [1.29, 1.82) is 0 Å². The minimum Gasteiger partial charge on any atom is -0.370 e. The number of nitrogens with zero attached hydrogens (tertiary/aromatic N) is 1. The molecule has 25 heavy (non-hydrogen) atoms. The average Bonchev–Trinajstić information content (AvgIpc) is 2.68. The molecule has 0 saturated heterocycles. The minimum atomic E-state index is -0.677. The van der Waals surface area contributed by atoms with E-state index in [0.717, 1.165) is 5.06 Å². The number of rotatable bonds is 4. The van der Waals surface area contributed by atoms with E-state index in [1.54, 1.807) is 78.9 Å². The summed E-state index contributed by atoms with van der Waals surface area (Å²) in [5.74, 6) is -0.0168. The van der Waals surface area contributed by atoms with Crippen LogP contribution in [0.5, 0.6) is 5.75 Å². The first kappa shape index (κ1) is 16.3. The molecule has 5 heteroatoms. The van der Waals surface area contributed by atoms with E-state index in [1.165, 1.54) is 0 Å². The zero-order valence-electron chi connectivity index (χ0n) is 13.3. The van der Waals surface area contributed by atoms with Gasteiger partial charge in [0.2, 0.25) is 0 Å². The molecule has 5 nitrogen and oxygen atoms in total. The van der Waals surface area contributed by atoms with Crippen LogP contribution in [0.1, 0.15) is 10.4 Å². The number of hydroxylamine groups is 1. The average molecular weight is 332 g/mol. The highest BCUT2D eigenvalue weighted by atomic mass is 16.7. The van der Waals surface area contributed by atoms with Crippen LogP contribution in [0.25, 0.3) is 0 Å². The summed E-state index contributed by atoms with van der Waals surface area (Å²) in [5, 5.41) is 3.39. The number of nitrogens with one attached hydrogen (secondary N) is 1. The summed E-state index contributed by atoms with van der Waals surface area (Å²) >= 11 is 0. The molecule has 0 fully saturated rings. The van der Waals surface area contributed by atoms with Gasteiger partial charge in [-0.3, -0.25) is 10.1 Å². The lowest BCUT2D eigenvalue weighted by molar-refractivity contribution is 0.0959. The number of imide groups is 1. The molecular formula is C20H16N2O3. The van der Waals surface area contributed by atoms with Crippen molar-refractivity contribution in [3.63, 3.8) is 0 Å². The molecule has 124 valence electrons. The Balaban J connectivity index is 1.81. The number of carbonyl (C=O) groups is 2. The molecule has 0 spiro atoms. The summed E-state index contributed by atoms with van der Waals surface area (Å²) in [4.78, 5) is 30.5. The Bertz CT molecular complexity index is 837. The van der Waals surface area contributed by atoms with Gasteiger partial charge in [-0.1, -0.05) is 54.6 Å². The van der Waals surface area contributed by atoms with Crippen molar-refractivity contribution in [2.75, 3.05) is 5.06 Å². The smallest absolute Gasteiger partial charge is 0.362 e. The number of benzene rings is 3. The summed E-state index contributed by atoms with van der Waals surface area (Å²) in [5.41, 5.74) is 0.897. The number of hydrogen-bond donors (Lipinski definition) is 1. The zero-order valence-corrected chi connectivity index (χ0v) is 13.3. The molecule has 0 heterocycles. The van der Waals surface area contributed by atoms with Gasteiger partial charge in [-0.2, -0.15) is 0 Å².